The Morgan fingerprint density at radius 3 is 2.88 bits per heavy atom. The number of amides is 1. The van der Waals surface area contributed by atoms with Crippen LogP contribution in [0.2, 0.25) is 5.15 Å². The van der Waals surface area contributed by atoms with E-state index in [2.05, 4.69) is 26.2 Å². The Bertz CT molecular complexity index is 443. The predicted octanol–water partition coefficient (Wildman–Crippen LogP) is 2.57. The third-order valence-electron chi connectivity index (χ3n) is 3.24. The van der Waals surface area contributed by atoms with Gasteiger partial charge in [0.2, 0.25) is 5.91 Å². The van der Waals surface area contributed by atoms with Crippen molar-refractivity contribution in [2.24, 2.45) is 11.1 Å². The molecule has 1 heterocycles. The first-order valence-electron chi connectivity index (χ1n) is 5.40. The minimum Gasteiger partial charge on any atom is -0.329 e. The van der Waals surface area contributed by atoms with Crippen LogP contribution in [0, 0.1) is 5.41 Å². The van der Waals surface area contributed by atoms with E-state index in [1.54, 1.807) is 12.3 Å². The summed E-state index contributed by atoms with van der Waals surface area (Å²) in [7, 11) is 0. The van der Waals surface area contributed by atoms with Crippen molar-refractivity contribution in [3.63, 3.8) is 0 Å². The number of carbonyl (C=O) groups excluding carboxylic acids is 1. The molecule has 0 aliphatic heterocycles. The first kappa shape index (κ1) is 12.8. The number of aromatic nitrogens is 1. The summed E-state index contributed by atoms with van der Waals surface area (Å²) in [6, 6.07) is 1.73. The van der Waals surface area contributed by atoms with Crippen molar-refractivity contribution in [1.82, 2.24) is 4.98 Å². The third-order valence-corrected chi connectivity index (χ3v) is 3.97. The highest BCUT2D eigenvalue weighted by Gasteiger charge is 2.42. The van der Waals surface area contributed by atoms with Crippen LogP contribution in [0.1, 0.15) is 19.3 Å². The molecule has 6 heteroatoms. The Morgan fingerprint density at radius 2 is 2.35 bits per heavy atom. The number of halogens is 2. The molecule has 0 atom stereocenters. The van der Waals surface area contributed by atoms with Gasteiger partial charge in [-0.05, 0) is 34.8 Å². The Kier molecular flexibility index (Phi) is 3.70. The molecule has 1 saturated carbocycles. The standard InChI is InChI=1S/C11H13BrClN3O/c12-7-4-8(9(13)15-5-7)16-10(17)11(6-14)2-1-3-11/h4-5H,1-3,6,14H2,(H,16,17). The fourth-order valence-electron chi connectivity index (χ4n) is 1.89. The molecule has 0 aromatic carbocycles. The molecule has 0 bridgehead atoms. The molecule has 0 radical (unpaired) electrons. The summed E-state index contributed by atoms with van der Waals surface area (Å²) in [5, 5.41) is 3.09. The molecular weight excluding hydrogens is 305 g/mol. The molecule has 1 aromatic heterocycles. The van der Waals surface area contributed by atoms with Crippen molar-refractivity contribution < 1.29 is 4.79 Å². The zero-order valence-electron chi connectivity index (χ0n) is 9.17. The molecule has 0 spiro atoms. The quantitative estimate of drug-likeness (QED) is 0.842. The van der Waals surface area contributed by atoms with E-state index in [1.165, 1.54) is 0 Å². The van der Waals surface area contributed by atoms with Gasteiger partial charge < -0.3 is 11.1 Å². The van der Waals surface area contributed by atoms with Crippen LogP contribution in [0.3, 0.4) is 0 Å². The number of hydrogen-bond donors (Lipinski definition) is 2. The van der Waals surface area contributed by atoms with Gasteiger partial charge in [-0.2, -0.15) is 0 Å². The summed E-state index contributed by atoms with van der Waals surface area (Å²) in [5.41, 5.74) is 5.78. The topological polar surface area (TPSA) is 68.0 Å². The van der Waals surface area contributed by atoms with E-state index < -0.39 is 5.41 Å². The Balaban J connectivity index is 2.15. The smallest absolute Gasteiger partial charge is 0.231 e. The van der Waals surface area contributed by atoms with E-state index >= 15 is 0 Å². The highest BCUT2D eigenvalue weighted by atomic mass is 79.9. The van der Waals surface area contributed by atoms with Crippen molar-refractivity contribution in [1.29, 1.82) is 0 Å². The van der Waals surface area contributed by atoms with Gasteiger partial charge in [0.25, 0.3) is 0 Å². The Labute approximate surface area is 113 Å². The number of nitrogens with zero attached hydrogens (tertiary/aromatic N) is 1. The number of nitrogens with one attached hydrogen (secondary N) is 1. The molecular formula is C11H13BrClN3O. The molecule has 0 unspecified atom stereocenters. The van der Waals surface area contributed by atoms with Crippen molar-refractivity contribution in [2.75, 3.05) is 11.9 Å². The zero-order valence-corrected chi connectivity index (χ0v) is 11.5. The molecule has 2 rings (SSSR count). The molecule has 92 valence electrons. The van der Waals surface area contributed by atoms with Crippen LogP contribution in [0.25, 0.3) is 0 Å². The van der Waals surface area contributed by atoms with Gasteiger partial charge in [0.05, 0.1) is 11.1 Å². The number of nitrogens with two attached hydrogens (primary N) is 1. The number of pyridine rings is 1. The van der Waals surface area contributed by atoms with Crippen LogP contribution >= 0.6 is 27.5 Å². The maximum atomic E-state index is 12.1. The molecule has 0 saturated heterocycles. The van der Waals surface area contributed by atoms with E-state index in [0.717, 1.165) is 23.7 Å². The highest BCUT2D eigenvalue weighted by Crippen LogP contribution is 2.41. The second-order valence-corrected chi connectivity index (χ2v) is 5.56. The van der Waals surface area contributed by atoms with Gasteiger partial charge in [0.15, 0.2) is 5.15 Å². The maximum Gasteiger partial charge on any atom is 0.231 e. The molecule has 1 aliphatic rings. The second-order valence-electron chi connectivity index (χ2n) is 4.28. The van der Waals surface area contributed by atoms with E-state index in [4.69, 9.17) is 17.3 Å². The minimum absolute atomic E-state index is 0.0620. The summed E-state index contributed by atoms with van der Waals surface area (Å²) >= 11 is 9.20. The lowest BCUT2D eigenvalue weighted by molar-refractivity contribution is -0.129. The SMILES string of the molecule is NCC1(C(=O)Nc2cc(Br)cnc2Cl)CCC1. The van der Waals surface area contributed by atoms with E-state index in [0.29, 0.717) is 12.2 Å². The summed E-state index contributed by atoms with van der Waals surface area (Å²) in [6.07, 6.45) is 4.32. The summed E-state index contributed by atoms with van der Waals surface area (Å²) in [6.45, 7) is 0.373. The van der Waals surface area contributed by atoms with Gasteiger partial charge >= 0.3 is 0 Å². The van der Waals surface area contributed by atoms with Crippen molar-refractivity contribution >= 4 is 39.1 Å². The Hall–Kier alpha value is -0.650. The average Bonchev–Trinajstić information content (AvgIpc) is 2.23. The van der Waals surface area contributed by atoms with Crippen LogP contribution in [-0.4, -0.2) is 17.4 Å². The number of rotatable bonds is 3. The molecule has 1 fully saturated rings. The van der Waals surface area contributed by atoms with Gasteiger partial charge in [-0.1, -0.05) is 18.0 Å². The van der Waals surface area contributed by atoms with Gasteiger partial charge in [0.1, 0.15) is 0 Å². The van der Waals surface area contributed by atoms with Crippen molar-refractivity contribution in [3.8, 4) is 0 Å². The summed E-state index contributed by atoms with van der Waals surface area (Å²) in [4.78, 5) is 16.1. The number of hydrogen-bond acceptors (Lipinski definition) is 3. The fraction of sp³-hybridized carbons (Fsp3) is 0.455. The van der Waals surface area contributed by atoms with Crippen molar-refractivity contribution in [3.05, 3.63) is 21.9 Å². The first-order valence-corrected chi connectivity index (χ1v) is 6.57. The lowest BCUT2D eigenvalue weighted by atomic mass is 9.68. The third kappa shape index (κ3) is 2.46. The first-order chi connectivity index (χ1) is 8.07. The van der Waals surface area contributed by atoms with Gasteiger partial charge in [0, 0.05) is 17.2 Å². The fourth-order valence-corrected chi connectivity index (χ4v) is 2.37. The molecule has 17 heavy (non-hydrogen) atoms. The molecule has 1 amide bonds. The molecule has 1 aliphatic carbocycles. The summed E-state index contributed by atoms with van der Waals surface area (Å²) in [5.74, 6) is -0.0620. The van der Waals surface area contributed by atoms with Crippen LogP contribution in [0.5, 0.6) is 0 Å². The highest BCUT2D eigenvalue weighted by molar-refractivity contribution is 9.10. The minimum atomic E-state index is -0.411. The van der Waals surface area contributed by atoms with E-state index in [1.807, 2.05) is 0 Å². The number of anilines is 1. The zero-order chi connectivity index (χ0) is 12.5. The largest absolute Gasteiger partial charge is 0.329 e. The van der Waals surface area contributed by atoms with Gasteiger partial charge in [-0.15, -0.1) is 0 Å². The molecule has 4 nitrogen and oxygen atoms in total. The lowest BCUT2D eigenvalue weighted by Crippen LogP contribution is -2.47. The van der Waals surface area contributed by atoms with Gasteiger partial charge in [-0.3, -0.25) is 4.79 Å². The van der Waals surface area contributed by atoms with Crippen molar-refractivity contribution in [2.45, 2.75) is 19.3 Å². The monoisotopic (exact) mass is 317 g/mol. The van der Waals surface area contributed by atoms with Crippen LogP contribution in [0.4, 0.5) is 5.69 Å². The lowest BCUT2D eigenvalue weighted by Gasteiger charge is -2.39. The Morgan fingerprint density at radius 1 is 1.65 bits per heavy atom. The maximum absolute atomic E-state index is 12.1. The van der Waals surface area contributed by atoms with Crippen LogP contribution < -0.4 is 11.1 Å². The van der Waals surface area contributed by atoms with Crippen LogP contribution in [-0.2, 0) is 4.79 Å². The molecule has 1 aromatic rings. The second kappa shape index (κ2) is 4.92. The molecule has 3 N–H and O–H groups in total. The van der Waals surface area contributed by atoms with Crippen LogP contribution in [0.15, 0.2) is 16.7 Å². The summed E-state index contributed by atoms with van der Waals surface area (Å²) < 4.78 is 0.771. The van der Waals surface area contributed by atoms with E-state index in [-0.39, 0.29) is 11.1 Å². The predicted molar refractivity (Wildman–Crippen MR) is 70.9 cm³/mol. The average molecular weight is 319 g/mol. The normalized spacial score (nSPS) is 17.4. The van der Waals surface area contributed by atoms with E-state index in [9.17, 15) is 4.79 Å². The number of carbonyl (C=O) groups is 1. The van der Waals surface area contributed by atoms with Gasteiger partial charge in [-0.25, -0.2) is 4.98 Å².